The number of carbonyl (C=O) groups is 1. The molecule has 0 fully saturated rings. The third-order valence-corrected chi connectivity index (χ3v) is 5.66. The average molecular weight is 346 g/mol. The molecule has 1 N–H and O–H groups in total. The van der Waals surface area contributed by atoms with Crippen LogP contribution >= 0.6 is 0 Å². The summed E-state index contributed by atoms with van der Waals surface area (Å²) >= 11 is 0. The second kappa shape index (κ2) is 7.59. The highest BCUT2D eigenvalue weighted by molar-refractivity contribution is 7.89. The first-order valence-corrected chi connectivity index (χ1v) is 9.12. The van der Waals surface area contributed by atoms with E-state index in [9.17, 15) is 13.2 Å². The van der Waals surface area contributed by atoms with E-state index in [0.29, 0.717) is 12.1 Å². The van der Waals surface area contributed by atoms with Crippen LogP contribution in [0.5, 0.6) is 0 Å². The summed E-state index contributed by atoms with van der Waals surface area (Å²) in [6, 6.07) is 15.9. The molecule has 0 radical (unpaired) electrons. The molecule has 0 aliphatic heterocycles. The molecule has 0 heterocycles. The van der Waals surface area contributed by atoms with Crippen molar-refractivity contribution in [2.75, 3.05) is 20.6 Å². The van der Waals surface area contributed by atoms with Crippen molar-refractivity contribution >= 4 is 15.9 Å². The number of rotatable bonds is 6. The molecule has 2 aromatic rings. The van der Waals surface area contributed by atoms with Crippen LogP contribution < -0.4 is 5.32 Å². The van der Waals surface area contributed by atoms with Crippen LogP contribution in [0.3, 0.4) is 0 Å². The van der Waals surface area contributed by atoms with Crippen LogP contribution in [0.15, 0.2) is 59.5 Å². The molecular weight excluding hydrogens is 324 g/mol. The molecule has 6 heteroatoms. The summed E-state index contributed by atoms with van der Waals surface area (Å²) in [7, 11) is -0.533. The lowest BCUT2D eigenvalue weighted by Crippen LogP contribution is -2.27. The van der Waals surface area contributed by atoms with Crippen LogP contribution in [0.4, 0.5) is 0 Å². The van der Waals surface area contributed by atoms with Gasteiger partial charge in [0, 0.05) is 26.2 Å². The zero-order valence-electron chi connectivity index (χ0n) is 14.1. The lowest BCUT2D eigenvalue weighted by Gasteiger charge is -2.14. The van der Waals surface area contributed by atoms with Gasteiger partial charge in [0.1, 0.15) is 0 Å². The highest BCUT2D eigenvalue weighted by Crippen LogP contribution is 2.15. The second-order valence-corrected chi connectivity index (χ2v) is 7.99. The van der Waals surface area contributed by atoms with E-state index in [0.717, 1.165) is 9.87 Å². The number of sulfonamides is 1. The Hall–Kier alpha value is -2.18. The molecule has 0 unspecified atom stereocenters. The molecule has 1 atom stereocenters. The van der Waals surface area contributed by atoms with E-state index in [4.69, 9.17) is 0 Å². The minimum Gasteiger partial charge on any atom is -0.351 e. The number of carbonyl (C=O) groups excluding carboxylic acids is 1. The maximum Gasteiger partial charge on any atom is 0.251 e. The maximum absolute atomic E-state index is 12.2. The Kier molecular flexibility index (Phi) is 5.75. The highest BCUT2D eigenvalue weighted by atomic mass is 32.2. The van der Waals surface area contributed by atoms with E-state index in [1.807, 2.05) is 37.3 Å². The van der Waals surface area contributed by atoms with Gasteiger partial charge in [-0.1, -0.05) is 37.3 Å². The summed E-state index contributed by atoms with van der Waals surface area (Å²) in [6.07, 6.45) is 0. The van der Waals surface area contributed by atoms with Gasteiger partial charge in [-0.3, -0.25) is 4.79 Å². The summed E-state index contributed by atoms with van der Waals surface area (Å²) in [4.78, 5) is 12.4. The minimum absolute atomic E-state index is 0.168. The van der Waals surface area contributed by atoms with Crippen molar-refractivity contribution in [1.82, 2.24) is 9.62 Å². The predicted octanol–water partition coefficient (Wildman–Crippen LogP) is 2.47. The Labute approximate surface area is 143 Å². The lowest BCUT2D eigenvalue weighted by atomic mass is 10.0. The molecule has 0 saturated heterocycles. The van der Waals surface area contributed by atoms with Crippen molar-refractivity contribution in [2.24, 2.45) is 0 Å². The molecule has 0 aromatic heterocycles. The number of hydrogen-bond donors (Lipinski definition) is 1. The molecule has 2 rings (SSSR count). The average Bonchev–Trinajstić information content (AvgIpc) is 2.60. The predicted molar refractivity (Wildman–Crippen MR) is 94.5 cm³/mol. The minimum atomic E-state index is -3.48. The van der Waals surface area contributed by atoms with Gasteiger partial charge in [-0.15, -0.1) is 0 Å². The van der Waals surface area contributed by atoms with Crippen LogP contribution in [-0.2, 0) is 10.0 Å². The zero-order chi connectivity index (χ0) is 17.7. The molecule has 0 bridgehead atoms. The molecule has 24 heavy (non-hydrogen) atoms. The van der Waals surface area contributed by atoms with E-state index in [-0.39, 0.29) is 16.7 Å². The van der Waals surface area contributed by atoms with E-state index < -0.39 is 10.0 Å². The van der Waals surface area contributed by atoms with Crippen molar-refractivity contribution in [3.05, 3.63) is 65.7 Å². The summed E-state index contributed by atoms with van der Waals surface area (Å²) in [6.45, 7) is 2.56. The van der Waals surface area contributed by atoms with Crippen molar-refractivity contribution in [2.45, 2.75) is 17.7 Å². The number of amides is 1. The molecule has 128 valence electrons. The zero-order valence-corrected chi connectivity index (χ0v) is 14.9. The van der Waals surface area contributed by atoms with E-state index in [2.05, 4.69) is 5.32 Å². The Balaban J connectivity index is 2.01. The van der Waals surface area contributed by atoms with Gasteiger partial charge in [0.2, 0.25) is 10.0 Å². The first-order chi connectivity index (χ1) is 11.3. The molecule has 5 nitrogen and oxygen atoms in total. The fourth-order valence-corrected chi connectivity index (χ4v) is 3.14. The Bertz CT molecular complexity index is 785. The number of hydrogen-bond acceptors (Lipinski definition) is 3. The van der Waals surface area contributed by atoms with E-state index >= 15 is 0 Å². The number of nitrogens with one attached hydrogen (secondary N) is 1. The van der Waals surface area contributed by atoms with Gasteiger partial charge >= 0.3 is 0 Å². The molecule has 0 spiro atoms. The third-order valence-electron chi connectivity index (χ3n) is 3.83. The van der Waals surface area contributed by atoms with E-state index in [1.54, 1.807) is 0 Å². The summed E-state index contributed by atoms with van der Waals surface area (Å²) in [5.74, 6) is -0.0184. The van der Waals surface area contributed by atoms with Gasteiger partial charge < -0.3 is 5.32 Å². The molecule has 0 aliphatic rings. The van der Waals surface area contributed by atoms with Crippen LogP contribution in [0.1, 0.15) is 28.8 Å². The van der Waals surface area contributed by atoms with Gasteiger partial charge in [0.15, 0.2) is 0 Å². The van der Waals surface area contributed by atoms with Gasteiger partial charge in [-0.25, -0.2) is 12.7 Å². The fourth-order valence-electron chi connectivity index (χ4n) is 2.24. The van der Waals surface area contributed by atoms with E-state index in [1.165, 1.54) is 38.4 Å². The summed E-state index contributed by atoms with van der Waals surface area (Å²) < 4.78 is 25.2. The molecule has 1 amide bonds. The fraction of sp³-hybridized carbons (Fsp3) is 0.278. The Morgan fingerprint density at radius 1 is 1.04 bits per heavy atom. The quantitative estimate of drug-likeness (QED) is 0.874. The summed E-state index contributed by atoms with van der Waals surface area (Å²) in [5.41, 5.74) is 1.60. The topological polar surface area (TPSA) is 66.5 Å². The second-order valence-electron chi connectivity index (χ2n) is 5.83. The van der Waals surface area contributed by atoms with Crippen LogP contribution in [0.2, 0.25) is 0 Å². The summed E-state index contributed by atoms with van der Waals surface area (Å²) in [5, 5.41) is 2.88. The van der Waals surface area contributed by atoms with Crippen molar-refractivity contribution in [3.8, 4) is 0 Å². The normalized spacial score (nSPS) is 12.8. The smallest absolute Gasteiger partial charge is 0.251 e. The van der Waals surface area contributed by atoms with Crippen LogP contribution in [-0.4, -0.2) is 39.3 Å². The third kappa shape index (κ3) is 4.21. The lowest BCUT2D eigenvalue weighted by molar-refractivity contribution is 0.0951. The monoisotopic (exact) mass is 346 g/mol. The molecule has 0 saturated carbocycles. The molecule has 0 aliphatic carbocycles. The van der Waals surface area contributed by atoms with Gasteiger partial charge in [0.05, 0.1) is 4.90 Å². The SMILES string of the molecule is C[C@@H](CNC(=O)c1ccc(S(=O)(=O)N(C)C)cc1)c1ccccc1. The first kappa shape index (κ1) is 18.2. The van der Waals surface area contributed by atoms with Gasteiger partial charge in [0.25, 0.3) is 5.91 Å². The van der Waals surface area contributed by atoms with Crippen LogP contribution in [0, 0.1) is 0 Å². The largest absolute Gasteiger partial charge is 0.351 e. The molecular formula is C18H22N2O3S. The number of nitrogens with zero attached hydrogens (tertiary/aromatic N) is 1. The van der Waals surface area contributed by atoms with Gasteiger partial charge in [-0.2, -0.15) is 0 Å². The maximum atomic E-state index is 12.2. The standard InChI is InChI=1S/C18H22N2O3S/c1-14(15-7-5-4-6-8-15)13-19-18(21)16-9-11-17(12-10-16)24(22,23)20(2)3/h4-12,14H,13H2,1-3H3,(H,19,21)/t14-/m0/s1. The van der Waals surface area contributed by atoms with Crippen molar-refractivity contribution in [3.63, 3.8) is 0 Å². The first-order valence-electron chi connectivity index (χ1n) is 7.68. The highest BCUT2D eigenvalue weighted by Gasteiger charge is 2.17. The van der Waals surface area contributed by atoms with Crippen molar-refractivity contribution in [1.29, 1.82) is 0 Å². The van der Waals surface area contributed by atoms with Crippen LogP contribution in [0.25, 0.3) is 0 Å². The van der Waals surface area contributed by atoms with Gasteiger partial charge in [-0.05, 0) is 35.7 Å². The number of benzene rings is 2. The van der Waals surface area contributed by atoms with Crippen molar-refractivity contribution < 1.29 is 13.2 Å². The Morgan fingerprint density at radius 2 is 1.62 bits per heavy atom. The Morgan fingerprint density at radius 3 is 2.17 bits per heavy atom. The molecule has 2 aromatic carbocycles.